The minimum atomic E-state index is 0.689. The van der Waals surface area contributed by atoms with Crippen LogP contribution in [0, 0.1) is 0 Å². The van der Waals surface area contributed by atoms with Crippen LogP contribution in [0.25, 0.3) is 24.3 Å². The lowest BCUT2D eigenvalue weighted by atomic mass is 10.1. The first-order valence-corrected chi connectivity index (χ1v) is 17.2. The van der Waals surface area contributed by atoms with Crippen molar-refractivity contribution >= 4 is 45.9 Å². The molecule has 2 heterocycles. The van der Waals surface area contributed by atoms with E-state index in [-0.39, 0.29) is 0 Å². The van der Waals surface area contributed by atoms with Gasteiger partial charge in [-0.05, 0) is 23.3 Å². The number of benzene rings is 2. The third kappa shape index (κ3) is 9.61. The van der Waals surface area contributed by atoms with Crippen molar-refractivity contribution in [2.45, 2.75) is 13.1 Å². The molecular formula is C36H42N2O6S2+2. The summed E-state index contributed by atoms with van der Waals surface area (Å²) in [6.45, 7) is 1.89. The summed E-state index contributed by atoms with van der Waals surface area (Å²) in [7, 11) is 13.6. The van der Waals surface area contributed by atoms with Gasteiger partial charge in [0.05, 0.1) is 65.3 Å². The number of ether oxygens (including phenoxy) is 6. The standard InChI is InChI=1S/C36H42N2O6S2/c1-39-29-23-33(41-3)31(34(24-29)42-4)9-7-27-11-15-37(16-12-27)19-21-45-46-22-20-38-17-13-28(14-18-38)8-10-32-35(43-5)25-30(40-2)26-36(32)44-6/h7-18,23-26H,19-22H2,1-6H3/q+2. The van der Waals surface area contributed by atoms with E-state index in [0.717, 1.165) is 46.8 Å². The van der Waals surface area contributed by atoms with Gasteiger partial charge in [0.25, 0.3) is 0 Å². The highest BCUT2D eigenvalue weighted by Gasteiger charge is 2.12. The molecule has 0 aliphatic heterocycles. The minimum Gasteiger partial charge on any atom is -0.496 e. The summed E-state index contributed by atoms with van der Waals surface area (Å²) in [5.41, 5.74) is 3.93. The number of aromatic nitrogens is 2. The normalized spacial score (nSPS) is 11.2. The van der Waals surface area contributed by atoms with Gasteiger partial charge in [0.15, 0.2) is 37.9 Å². The van der Waals surface area contributed by atoms with Crippen molar-refractivity contribution < 1.29 is 37.6 Å². The molecule has 0 atom stereocenters. The molecule has 0 amide bonds. The Morgan fingerprint density at radius 3 is 1.09 bits per heavy atom. The molecule has 0 radical (unpaired) electrons. The molecule has 2 aromatic heterocycles. The molecule has 4 rings (SSSR count). The van der Waals surface area contributed by atoms with Crippen LogP contribution in [-0.2, 0) is 13.1 Å². The first-order valence-electron chi connectivity index (χ1n) is 14.7. The number of aryl methyl sites for hydroxylation is 2. The van der Waals surface area contributed by atoms with Crippen LogP contribution in [0.3, 0.4) is 0 Å². The molecule has 242 valence electrons. The van der Waals surface area contributed by atoms with Gasteiger partial charge in [-0.15, -0.1) is 0 Å². The van der Waals surface area contributed by atoms with Crippen LogP contribution >= 0.6 is 21.6 Å². The summed E-state index contributed by atoms with van der Waals surface area (Å²) in [6.07, 6.45) is 16.6. The fraction of sp³-hybridized carbons (Fsp3) is 0.278. The summed E-state index contributed by atoms with van der Waals surface area (Å²) in [4.78, 5) is 0. The number of hydrogen-bond acceptors (Lipinski definition) is 8. The molecule has 0 aliphatic carbocycles. The van der Waals surface area contributed by atoms with E-state index >= 15 is 0 Å². The first-order chi connectivity index (χ1) is 22.5. The zero-order valence-electron chi connectivity index (χ0n) is 27.2. The van der Waals surface area contributed by atoms with Gasteiger partial charge in [-0.3, -0.25) is 0 Å². The highest BCUT2D eigenvalue weighted by molar-refractivity contribution is 8.76. The van der Waals surface area contributed by atoms with Crippen molar-refractivity contribution in [2.75, 3.05) is 54.2 Å². The quantitative estimate of drug-likeness (QED) is 0.0701. The van der Waals surface area contributed by atoms with Gasteiger partial charge in [0.2, 0.25) is 0 Å². The molecule has 0 fully saturated rings. The Hall–Kier alpha value is -4.28. The Balaban J connectivity index is 1.20. The summed E-state index contributed by atoms with van der Waals surface area (Å²) in [6, 6.07) is 15.8. The number of methoxy groups -OCH3 is 6. The Kier molecular flexibility index (Phi) is 13.5. The van der Waals surface area contributed by atoms with Gasteiger partial charge in [0, 0.05) is 48.5 Å². The van der Waals surface area contributed by atoms with Crippen LogP contribution in [0.4, 0.5) is 0 Å². The predicted molar refractivity (Wildman–Crippen MR) is 188 cm³/mol. The number of rotatable bonds is 17. The van der Waals surface area contributed by atoms with E-state index in [9.17, 15) is 0 Å². The maximum atomic E-state index is 5.55. The van der Waals surface area contributed by atoms with Gasteiger partial charge in [0.1, 0.15) is 34.5 Å². The predicted octanol–water partition coefficient (Wildman–Crippen LogP) is 6.74. The maximum absolute atomic E-state index is 5.55. The van der Waals surface area contributed by atoms with E-state index in [1.807, 2.05) is 58.0 Å². The lowest BCUT2D eigenvalue weighted by Crippen LogP contribution is -2.34. The highest BCUT2D eigenvalue weighted by Crippen LogP contribution is 2.36. The zero-order chi connectivity index (χ0) is 32.7. The first kappa shape index (κ1) is 34.6. The van der Waals surface area contributed by atoms with Crippen LogP contribution in [-0.4, -0.2) is 54.2 Å². The van der Waals surface area contributed by atoms with E-state index in [4.69, 9.17) is 28.4 Å². The fourth-order valence-electron chi connectivity index (χ4n) is 4.61. The van der Waals surface area contributed by atoms with Crippen molar-refractivity contribution in [1.29, 1.82) is 0 Å². The second-order valence-electron chi connectivity index (χ2n) is 9.94. The van der Waals surface area contributed by atoms with Crippen LogP contribution in [0.5, 0.6) is 34.5 Å². The lowest BCUT2D eigenvalue weighted by Gasteiger charge is -2.12. The van der Waals surface area contributed by atoms with E-state index in [2.05, 4.69) is 70.3 Å². The van der Waals surface area contributed by atoms with Crippen molar-refractivity contribution in [3.8, 4) is 34.5 Å². The van der Waals surface area contributed by atoms with Gasteiger partial charge in [-0.25, -0.2) is 9.13 Å². The number of hydrogen-bond donors (Lipinski definition) is 0. The average Bonchev–Trinajstić information content (AvgIpc) is 3.11. The molecular weight excluding hydrogens is 621 g/mol. The fourth-order valence-corrected chi connectivity index (χ4v) is 6.57. The van der Waals surface area contributed by atoms with Gasteiger partial charge < -0.3 is 28.4 Å². The van der Waals surface area contributed by atoms with Gasteiger partial charge in [-0.1, -0.05) is 33.7 Å². The largest absolute Gasteiger partial charge is 0.496 e. The second-order valence-corrected chi connectivity index (χ2v) is 12.6. The van der Waals surface area contributed by atoms with E-state index < -0.39 is 0 Å². The summed E-state index contributed by atoms with van der Waals surface area (Å²) >= 11 is 0. The third-order valence-electron chi connectivity index (χ3n) is 7.17. The molecule has 0 saturated heterocycles. The second kappa shape index (κ2) is 18.0. The van der Waals surface area contributed by atoms with Crippen LogP contribution in [0.15, 0.2) is 73.3 Å². The van der Waals surface area contributed by atoms with Crippen LogP contribution in [0.2, 0.25) is 0 Å². The molecule has 4 aromatic rings. The topological polar surface area (TPSA) is 63.1 Å². The van der Waals surface area contributed by atoms with Crippen LogP contribution in [0.1, 0.15) is 22.3 Å². The molecule has 0 saturated carbocycles. The van der Waals surface area contributed by atoms with Gasteiger partial charge in [-0.2, -0.15) is 0 Å². The third-order valence-corrected chi connectivity index (χ3v) is 9.54. The monoisotopic (exact) mass is 662 g/mol. The van der Waals surface area contributed by atoms with Crippen LogP contribution < -0.4 is 37.6 Å². The van der Waals surface area contributed by atoms with Crippen molar-refractivity contribution in [2.24, 2.45) is 0 Å². The van der Waals surface area contributed by atoms with Crippen molar-refractivity contribution in [1.82, 2.24) is 0 Å². The molecule has 0 N–H and O–H groups in total. The Morgan fingerprint density at radius 1 is 0.478 bits per heavy atom. The Labute approximate surface area is 280 Å². The van der Waals surface area contributed by atoms with Gasteiger partial charge >= 0.3 is 0 Å². The lowest BCUT2D eigenvalue weighted by molar-refractivity contribution is -0.692. The van der Waals surface area contributed by atoms with E-state index in [0.29, 0.717) is 34.5 Å². The summed E-state index contributed by atoms with van der Waals surface area (Å²) in [5.74, 6) is 6.22. The SMILES string of the molecule is COc1cc(OC)c(C=Cc2cc[n+](CCSSCC[n+]3ccc(C=Cc4c(OC)cc(OC)cc4OC)cc3)cc2)c(OC)c1. The summed E-state index contributed by atoms with van der Waals surface area (Å²) in [5, 5.41) is 0. The molecule has 0 bridgehead atoms. The molecule has 10 heteroatoms. The number of nitrogens with zero attached hydrogens (tertiary/aromatic N) is 2. The van der Waals surface area contributed by atoms with Crippen molar-refractivity contribution in [3.05, 3.63) is 95.6 Å². The molecule has 0 unspecified atom stereocenters. The molecule has 2 aromatic carbocycles. The molecule has 8 nitrogen and oxygen atoms in total. The Bertz CT molecular complexity index is 1440. The Morgan fingerprint density at radius 2 is 0.804 bits per heavy atom. The average molecular weight is 663 g/mol. The minimum absolute atomic E-state index is 0.689. The molecule has 46 heavy (non-hydrogen) atoms. The van der Waals surface area contributed by atoms with E-state index in [1.165, 1.54) is 0 Å². The zero-order valence-corrected chi connectivity index (χ0v) is 28.9. The molecule has 0 spiro atoms. The molecule has 0 aliphatic rings. The summed E-state index contributed by atoms with van der Waals surface area (Å²) < 4.78 is 37.3. The smallest absolute Gasteiger partial charge is 0.169 e. The number of pyridine rings is 2. The maximum Gasteiger partial charge on any atom is 0.169 e. The van der Waals surface area contributed by atoms with E-state index in [1.54, 1.807) is 42.7 Å². The highest BCUT2D eigenvalue weighted by atomic mass is 33.1. The van der Waals surface area contributed by atoms with Crippen molar-refractivity contribution in [3.63, 3.8) is 0 Å².